The van der Waals surface area contributed by atoms with E-state index in [0.29, 0.717) is 18.7 Å². The zero-order valence-corrected chi connectivity index (χ0v) is 13.7. The minimum absolute atomic E-state index is 0.0686. The van der Waals surface area contributed by atoms with Crippen molar-refractivity contribution in [2.24, 2.45) is 0 Å². The van der Waals surface area contributed by atoms with Crippen LogP contribution in [-0.4, -0.2) is 19.1 Å². The van der Waals surface area contributed by atoms with E-state index in [2.05, 4.69) is 24.4 Å². The fourth-order valence-electron chi connectivity index (χ4n) is 2.52. The zero-order chi connectivity index (χ0) is 16.1. The molecule has 3 heteroatoms. The van der Waals surface area contributed by atoms with Crippen LogP contribution in [0.15, 0.2) is 36.4 Å². The van der Waals surface area contributed by atoms with Crippen LogP contribution in [-0.2, 0) is 0 Å². The van der Waals surface area contributed by atoms with Gasteiger partial charge in [0.05, 0.1) is 6.54 Å². The number of benzene rings is 2. The first-order valence-electron chi connectivity index (χ1n) is 7.53. The SMILES string of the molecule is Cc1ccc(C(=O)NCCOc2c(C)cc(C)cc2C)cc1. The fraction of sp³-hybridized carbons (Fsp3) is 0.316. The normalized spacial score (nSPS) is 10.4. The van der Waals surface area contributed by atoms with Crippen LogP contribution in [0.1, 0.15) is 32.6 Å². The summed E-state index contributed by atoms with van der Waals surface area (Å²) >= 11 is 0. The minimum atomic E-state index is -0.0686. The highest BCUT2D eigenvalue weighted by Gasteiger charge is 2.06. The van der Waals surface area contributed by atoms with E-state index in [-0.39, 0.29) is 5.91 Å². The average Bonchev–Trinajstić information content (AvgIpc) is 2.46. The highest BCUT2D eigenvalue weighted by Crippen LogP contribution is 2.24. The maximum absolute atomic E-state index is 12.0. The van der Waals surface area contributed by atoms with Gasteiger partial charge in [0.1, 0.15) is 12.4 Å². The number of carbonyl (C=O) groups is 1. The van der Waals surface area contributed by atoms with Gasteiger partial charge < -0.3 is 10.1 Å². The van der Waals surface area contributed by atoms with Gasteiger partial charge in [-0.15, -0.1) is 0 Å². The summed E-state index contributed by atoms with van der Waals surface area (Å²) < 4.78 is 5.81. The molecule has 0 heterocycles. The molecule has 0 spiro atoms. The third kappa shape index (κ3) is 4.10. The van der Waals surface area contributed by atoms with Crippen molar-refractivity contribution in [3.8, 4) is 5.75 Å². The Labute approximate surface area is 132 Å². The van der Waals surface area contributed by atoms with E-state index in [1.165, 1.54) is 5.56 Å². The Morgan fingerprint density at radius 1 is 0.955 bits per heavy atom. The Morgan fingerprint density at radius 3 is 2.14 bits per heavy atom. The quantitative estimate of drug-likeness (QED) is 0.854. The summed E-state index contributed by atoms with van der Waals surface area (Å²) in [5.74, 6) is 0.844. The second-order valence-corrected chi connectivity index (χ2v) is 5.70. The first-order chi connectivity index (χ1) is 10.5. The molecule has 1 N–H and O–H groups in total. The maximum Gasteiger partial charge on any atom is 0.251 e. The Hall–Kier alpha value is -2.29. The van der Waals surface area contributed by atoms with Gasteiger partial charge in [-0.3, -0.25) is 4.79 Å². The number of ether oxygens (including phenoxy) is 1. The standard InChI is InChI=1S/C19H23NO2/c1-13-5-7-17(8-6-13)19(21)20-9-10-22-18-15(3)11-14(2)12-16(18)4/h5-8,11-12H,9-10H2,1-4H3,(H,20,21). The second-order valence-electron chi connectivity index (χ2n) is 5.70. The summed E-state index contributed by atoms with van der Waals surface area (Å²) in [5.41, 5.74) is 5.30. The second kappa shape index (κ2) is 7.12. The molecular formula is C19H23NO2. The number of rotatable bonds is 5. The van der Waals surface area contributed by atoms with Crippen LogP contribution in [0.3, 0.4) is 0 Å². The number of amides is 1. The first kappa shape index (κ1) is 16.1. The van der Waals surface area contributed by atoms with Gasteiger partial charge in [-0.05, 0) is 51.0 Å². The third-order valence-electron chi connectivity index (χ3n) is 3.55. The molecular weight excluding hydrogens is 274 g/mol. The van der Waals surface area contributed by atoms with Crippen molar-refractivity contribution in [1.82, 2.24) is 5.32 Å². The van der Waals surface area contributed by atoms with Crippen LogP contribution < -0.4 is 10.1 Å². The Kier molecular flexibility index (Phi) is 5.21. The van der Waals surface area contributed by atoms with Gasteiger partial charge in [0, 0.05) is 5.56 Å². The van der Waals surface area contributed by atoms with Crippen LogP contribution in [0.2, 0.25) is 0 Å². The van der Waals surface area contributed by atoms with Gasteiger partial charge in [0.15, 0.2) is 0 Å². The summed E-state index contributed by atoms with van der Waals surface area (Å²) in [6.45, 7) is 9.11. The van der Waals surface area contributed by atoms with Crippen LogP contribution in [0, 0.1) is 27.7 Å². The zero-order valence-electron chi connectivity index (χ0n) is 13.7. The van der Waals surface area contributed by atoms with Gasteiger partial charge in [-0.2, -0.15) is 0 Å². The number of nitrogens with one attached hydrogen (secondary N) is 1. The summed E-state index contributed by atoms with van der Waals surface area (Å²) in [5, 5.41) is 2.88. The topological polar surface area (TPSA) is 38.3 Å². The molecule has 0 atom stereocenters. The van der Waals surface area contributed by atoms with Crippen LogP contribution >= 0.6 is 0 Å². The van der Waals surface area contributed by atoms with Crippen molar-refractivity contribution < 1.29 is 9.53 Å². The van der Waals surface area contributed by atoms with E-state index < -0.39 is 0 Å². The Bertz CT molecular complexity index is 637. The highest BCUT2D eigenvalue weighted by molar-refractivity contribution is 5.94. The molecule has 0 aliphatic carbocycles. The lowest BCUT2D eigenvalue weighted by atomic mass is 10.1. The monoisotopic (exact) mass is 297 g/mol. The van der Waals surface area contributed by atoms with Crippen LogP contribution in [0.4, 0.5) is 0 Å². The van der Waals surface area contributed by atoms with Crippen LogP contribution in [0.25, 0.3) is 0 Å². The van der Waals surface area contributed by atoms with Gasteiger partial charge in [0.25, 0.3) is 5.91 Å². The number of hydrogen-bond acceptors (Lipinski definition) is 2. The van der Waals surface area contributed by atoms with Crippen LogP contribution in [0.5, 0.6) is 5.75 Å². The van der Waals surface area contributed by atoms with E-state index in [1.807, 2.05) is 45.0 Å². The van der Waals surface area contributed by atoms with E-state index >= 15 is 0 Å². The van der Waals surface area contributed by atoms with E-state index in [9.17, 15) is 4.79 Å². The molecule has 3 nitrogen and oxygen atoms in total. The molecule has 116 valence electrons. The summed E-state index contributed by atoms with van der Waals surface area (Å²) in [7, 11) is 0. The molecule has 1 amide bonds. The predicted molar refractivity (Wildman–Crippen MR) is 89.7 cm³/mol. The molecule has 2 aromatic rings. The number of aryl methyl sites for hydroxylation is 4. The van der Waals surface area contributed by atoms with Crippen molar-refractivity contribution in [2.45, 2.75) is 27.7 Å². The minimum Gasteiger partial charge on any atom is -0.491 e. The molecule has 0 aliphatic rings. The fourth-order valence-corrected chi connectivity index (χ4v) is 2.52. The van der Waals surface area contributed by atoms with E-state index in [4.69, 9.17) is 4.74 Å². The average molecular weight is 297 g/mol. The molecule has 0 bridgehead atoms. The van der Waals surface area contributed by atoms with Crippen molar-refractivity contribution in [1.29, 1.82) is 0 Å². The van der Waals surface area contributed by atoms with E-state index in [1.54, 1.807) is 0 Å². The lowest BCUT2D eigenvalue weighted by Gasteiger charge is -2.13. The van der Waals surface area contributed by atoms with Gasteiger partial charge in [0.2, 0.25) is 0 Å². The molecule has 22 heavy (non-hydrogen) atoms. The molecule has 0 radical (unpaired) electrons. The predicted octanol–water partition coefficient (Wildman–Crippen LogP) is 3.73. The lowest BCUT2D eigenvalue weighted by Crippen LogP contribution is -2.28. The van der Waals surface area contributed by atoms with Crippen molar-refractivity contribution >= 4 is 5.91 Å². The molecule has 0 saturated carbocycles. The molecule has 2 aromatic carbocycles. The molecule has 0 unspecified atom stereocenters. The molecule has 2 rings (SSSR count). The molecule has 0 aliphatic heterocycles. The largest absolute Gasteiger partial charge is 0.491 e. The number of hydrogen-bond donors (Lipinski definition) is 1. The van der Waals surface area contributed by atoms with E-state index in [0.717, 1.165) is 22.4 Å². The summed E-state index contributed by atoms with van der Waals surface area (Å²) in [4.78, 5) is 12.0. The van der Waals surface area contributed by atoms with Crippen molar-refractivity contribution in [3.63, 3.8) is 0 Å². The van der Waals surface area contributed by atoms with Gasteiger partial charge in [-0.25, -0.2) is 0 Å². The summed E-state index contributed by atoms with van der Waals surface area (Å²) in [6, 6.07) is 11.7. The molecule has 0 saturated heterocycles. The lowest BCUT2D eigenvalue weighted by molar-refractivity contribution is 0.0947. The maximum atomic E-state index is 12.0. The number of carbonyl (C=O) groups excluding carboxylic acids is 1. The molecule has 0 aromatic heterocycles. The first-order valence-corrected chi connectivity index (χ1v) is 7.53. The smallest absolute Gasteiger partial charge is 0.251 e. The van der Waals surface area contributed by atoms with Crippen molar-refractivity contribution in [3.05, 3.63) is 64.2 Å². The van der Waals surface area contributed by atoms with Gasteiger partial charge >= 0.3 is 0 Å². The Balaban J connectivity index is 1.85. The van der Waals surface area contributed by atoms with Crippen molar-refractivity contribution in [2.75, 3.05) is 13.2 Å². The summed E-state index contributed by atoms with van der Waals surface area (Å²) in [6.07, 6.45) is 0. The Morgan fingerprint density at radius 2 is 1.55 bits per heavy atom. The highest BCUT2D eigenvalue weighted by atomic mass is 16.5. The van der Waals surface area contributed by atoms with Gasteiger partial charge in [-0.1, -0.05) is 35.4 Å². The molecule has 0 fully saturated rings. The third-order valence-corrected chi connectivity index (χ3v) is 3.55.